The minimum atomic E-state index is -3.34. The Hall–Kier alpha value is -2.33. The number of hydrogen-bond acceptors (Lipinski definition) is 3. The molecule has 0 unspecified atom stereocenters. The molecule has 4 heteroatoms. The Morgan fingerprint density at radius 1 is 0.762 bits per heavy atom. The molecule has 0 heterocycles. The molecular weight excluding hydrogens is 282 g/mol. The predicted molar refractivity (Wildman–Crippen MR) is 86.1 cm³/mol. The first kappa shape index (κ1) is 13.6. The van der Waals surface area contributed by atoms with Crippen molar-refractivity contribution >= 4 is 26.3 Å². The molecule has 3 aromatic rings. The van der Waals surface area contributed by atoms with Gasteiger partial charge < -0.3 is 5.32 Å². The smallest absolute Gasteiger partial charge is 0.196 e. The van der Waals surface area contributed by atoms with Gasteiger partial charge in [-0.2, -0.15) is 0 Å². The minimum absolute atomic E-state index is 0.120. The topological polar surface area (TPSA) is 46.2 Å². The van der Waals surface area contributed by atoms with Crippen LogP contribution in [0.5, 0.6) is 0 Å². The summed E-state index contributed by atoms with van der Waals surface area (Å²) in [5, 5.41) is 5.14. The summed E-state index contributed by atoms with van der Waals surface area (Å²) < 4.78 is 24.6. The van der Waals surface area contributed by atoms with Crippen molar-refractivity contribution in [3.05, 3.63) is 72.8 Å². The second kappa shape index (κ2) is 5.58. The molecule has 1 N–H and O–H groups in total. The zero-order valence-corrected chi connectivity index (χ0v) is 12.2. The lowest BCUT2D eigenvalue weighted by molar-refractivity contribution is 0.598. The molecule has 0 bridgehead atoms. The minimum Gasteiger partial charge on any atom is -0.371 e. The second-order valence-corrected chi connectivity index (χ2v) is 6.77. The Morgan fingerprint density at radius 3 is 2.24 bits per heavy atom. The third-order valence-electron chi connectivity index (χ3n) is 3.34. The van der Waals surface area contributed by atoms with Crippen LogP contribution in [0.25, 0.3) is 10.8 Å². The summed E-state index contributed by atoms with van der Waals surface area (Å²) in [4.78, 5) is 0.331. The van der Waals surface area contributed by atoms with Gasteiger partial charge in [-0.25, -0.2) is 8.42 Å². The van der Waals surface area contributed by atoms with Crippen LogP contribution in [0.3, 0.4) is 0 Å². The van der Waals surface area contributed by atoms with E-state index in [4.69, 9.17) is 0 Å². The fourth-order valence-electron chi connectivity index (χ4n) is 2.26. The van der Waals surface area contributed by atoms with Crippen molar-refractivity contribution in [3.8, 4) is 0 Å². The lowest BCUT2D eigenvalue weighted by atomic mass is 10.1. The van der Waals surface area contributed by atoms with E-state index < -0.39 is 9.84 Å². The highest BCUT2D eigenvalue weighted by Crippen LogP contribution is 2.23. The number of benzene rings is 3. The highest BCUT2D eigenvalue weighted by atomic mass is 32.2. The number of anilines is 1. The van der Waals surface area contributed by atoms with E-state index in [1.54, 1.807) is 30.3 Å². The average Bonchev–Trinajstić information content (AvgIpc) is 2.54. The summed E-state index contributed by atoms with van der Waals surface area (Å²) in [5.74, 6) is -0.120. The molecule has 21 heavy (non-hydrogen) atoms. The molecule has 0 spiro atoms. The van der Waals surface area contributed by atoms with Crippen molar-refractivity contribution in [2.24, 2.45) is 0 Å². The maximum Gasteiger partial charge on any atom is 0.196 e. The van der Waals surface area contributed by atoms with Gasteiger partial charge in [-0.05, 0) is 23.6 Å². The van der Waals surface area contributed by atoms with Gasteiger partial charge in [-0.3, -0.25) is 0 Å². The summed E-state index contributed by atoms with van der Waals surface area (Å²) in [6.07, 6.45) is 0. The first-order valence-corrected chi connectivity index (χ1v) is 8.31. The molecule has 0 fully saturated rings. The van der Waals surface area contributed by atoms with E-state index in [2.05, 4.69) is 5.32 Å². The van der Waals surface area contributed by atoms with Crippen molar-refractivity contribution in [3.63, 3.8) is 0 Å². The van der Waals surface area contributed by atoms with Crippen LogP contribution in [0.1, 0.15) is 0 Å². The maximum atomic E-state index is 12.3. The summed E-state index contributed by atoms with van der Waals surface area (Å²) in [7, 11) is -3.34. The molecule has 0 aliphatic heterocycles. The van der Waals surface area contributed by atoms with Gasteiger partial charge in [0.25, 0.3) is 0 Å². The summed E-state index contributed by atoms with van der Waals surface area (Å²) in [6.45, 7) is 0. The van der Waals surface area contributed by atoms with Crippen LogP contribution < -0.4 is 5.32 Å². The van der Waals surface area contributed by atoms with Gasteiger partial charge in [0, 0.05) is 11.1 Å². The number of rotatable bonds is 4. The summed E-state index contributed by atoms with van der Waals surface area (Å²) in [5.41, 5.74) is 0.826. The third kappa shape index (κ3) is 2.90. The standard InChI is InChI=1S/C17H15NO2S/c19-21(20,15-9-2-1-3-10-15)13-18-17-12-6-8-14-7-4-5-11-16(14)17/h1-12,18H,13H2. The van der Waals surface area contributed by atoms with Crippen LogP contribution >= 0.6 is 0 Å². The quantitative estimate of drug-likeness (QED) is 0.799. The number of nitrogens with one attached hydrogen (secondary N) is 1. The first-order chi connectivity index (χ1) is 10.2. The van der Waals surface area contributed by atoms with E-state index in [1.807, 2.05) is 42.5 Å². The zero-order chi connectivity index (χ0) is 14.7. The van der Waals surface area contributed by atoms with Gasteiger partial charge in [0.05, 0.1) is 4.90 Å². The van der Waals surface area contributed by atoms with Gasteiger partial charge >= 0.3 is 0 Å². The molecule has 0 aliphatic rings. The SMILES string of the molecule is O=S(=O)(CNc1cccc2ccccc12)c1ccccc1. The Kier molecular flexibility index (Phi) is 3.62. The van der Waals surface area contributed by atoms with E-state index in [9.17, 15) is 8.42 Å². The largest absolute Gasteiger partial charge is 0.371 e. The van der Waals surface area contributed by atoms with Crippen molar-refractivity contribution < 1.29 is 8.42 Å². The molecule has 0 amide bonds. The lowest BCUT2D eigenvalue weighted by Gasteiger charge is -2.10. The van der Waals surface area contributed by atoms with Gasteiger partial charge in [0.1, 0.15) is 5.88 Å². The number of sulfone groups is 1. The molecule has 106 valence electrons. The van der Waals surface area contributed by atoms with E-state index in [1.165, 1.54) is 0 Å². The van der Waals surface area contributed by atoms with Gasteiger partial charge in [-0.15, -0.1) is 0 Å². The summed E-state index contributed by atoms with van der Waals surface area (Å²) >= 11 is 0. The van der Waals surface area contributed by atoms with E-state index in [-0.39, 0.29) is 5.88 Å². The molecule has 3 nitrogen and oxygen atoms in total. The van der Waals surface area contributed by atoms with E-state index in [0.717, 1.165) is 16.5 Å². The van der Waals surface area contributed by atoms with Gasteiger partial charge in [-0.1, -0.05) is 54.6 Å². The van der Waals surface area contributed by atoms with Gasteiger partial charge in [0.2, 0.25) is 0 Å². The zero-order valence-electron chi connectivity index (χ0n) is 11.4. The van der Waals surface area contributed by atoms with Crippen LogP contribution in [-0.4, -0.2) is 14.3 Å². The highest BCUT2D eigenvalue weighted by Gasteiger charge is 2.13. The Balaban J connectivity index is 1.87. The molecule has 0 saturated carbocycles. The first-order valence-electron chi connectivity index (χ1n) is 6.66. The summed E-state index contributed by atoms with van der Waals surface area (Å²) in [6, 6.07) is 22.2. The Labute approximate surface area is 124 Å². The Bertz CT molecular complexity index is 853. The fourth-order valence-corrected chi connectivity index (χ4v) is 3.35. The van der Waals surface area contributed by atoms with Crippen LogP contribution in [0.4, 0.5) is 5.69 Å². The molecule has 0 radical (unpaired) electrons. The van der Waals surface area contributed by atoms with Crippen molar-refractivity contribution in [2.45, 2.75) is 4.90 Å². The van der Waals surface area contributed by atoms with Crippen molar-refractivity contribution in [1.82, 2.24) is 0 Å². The normalized spacial score (nSPS) is 11.4. The van der Waals surface area contributed by atoms with Crippen LogP contribution in [0.15, 0.2) is 77.7 Å². The molecule has 3 aromatic carbocycles. The van der Waals surface area contributed by atoms with Crippen molar-refractivity contribution in [1.29, 1.82) is 0 Å². The lowest BCUT2D eigenvalue weighted by Crippen LogP contribution is -2.14. The van der Waals surface area contributed by atoms with E-state index in [0.29, 0.717) is 4.90 Å². The average molecular weight is 297 g/mol. The molecule has 0 atom stereocenters. The third-order valence-corrected chi connectivity index (χ3v) is 4.86. The molecule has 0 aliphatic carbocycles. The van der Waals surface area contributed by atoms with Gasteiger partial charge in [0.15, 0.2) is 9.84 Å². The van der Waals surface area contributed by atoms with Crippen LogP contribution in [0, 0.1) is 0 Å². The Morgan fingerprint density at radius 2 is 1.43 bits per heavy atom. The monoisotopic (exact) mass is 297 g/mol. The molecule has 0 aromatic heterocycles. The number of fused-ring (bicyclic) bond motifs is 1. The molecular formula is C17H15NO2S. The highest BCUT2D eigenvalue weighted by molar-refractivity contribution is 7.91. The number of hydrogen-bond donors (Lipinski definition) is 1. The predicted octanol–water partition coefficient (Wildman–Crippen LogP) is 3.68. The fraction of sp³-hybridized carbons (Fsp3) is 0.0588. The van der Waals surface area contributed by atoms with Crippen LogP contribution in [-0.2, 0) is 9.84 Å². The van der Waals surface area contributed by atoms with Crippen LogP contribution in [0.2, 0.25) is 0 Å². The second-order valence-electron chi connectivity index (χ2n) is 4.78. The maximum absolute atomic E-state index is 12.3. The van der Waals surface area contributed by atoms with E-state index >= 15 is 0 Å². The molecule has 0 saturated heterocycles. The molecule has 3 rings (SSSR count). The van der Waals surface area contributed by atoms with Crippen molar-refractivity contribution in [2.75, 3.05) is 11.2 Å².